The quantitative estimate of drug-likeness (QED) is 0.583. The van der Waals surface area contributed by atoms with E-state index in [1.54, 1.807) is 6.92 Å². The number of hydrogen-bond acceptors (Lipinski definition) is 1. The van der Waals surface area contributed by atoms with E-state index >= 15 is 0 Å². The van der Waals surface area contributed by atoms with Crippen molar-refractivity contribution in [3.8, 4) is 0 Å². The van der Waals surface area contributed by atoms with E-state index in [0.717, 1.165) is 16.0 Å². The van der Waals surface area contributed by atoms with Crippen molar-refractivity contribution < 1.29 is 4.39 Å². The van der Waals surface area contributed by atoms with Crippen LogP contribution in [-0.4, -0.2) is 6.26 Å². The molecule has 0 N–H and O–H groups in total. The van der Waals surface area contributed by atoms with Gasteiger partial charge in [-0.1, -0.05) is 12.1 Å². The summed E-state index contributed by atoms with van der Waals surface area (Å²) in [6, 6.07) is 3.76. The summed E-state index contributed by atoms with van der Waals surface area (Å²) in [5.74, 6) is -0.0718. The molecule has 2 heteroatoms. The Balaban J connectivity index is 3.29. The first kappa shape index (κ1) is 8.60. The molecule has 0 saturated carbocycles. The first-order valence-corrected chi connectivity index (χ1v) is 4.69. The molecule has 0 bridgehead atoms. The topological polar surface area (TPSA) is 0 Å². The van der Waals surface area contributed by atoms with E-state index in [2.05, 4.69) is 0 Å². The molecule has 0 aliphatic rings. The van der Waals surface area contributed by atoms with Crippen molar-refractivity contribution in [1.82, 2.24) is 0 Å². The highest BCUT2D eigenvalue weighted by atomic mass is 32.2. The van der Waals surface area contributed by atoms with Crippen molar-refractivity contribution >= 4 is 11.8 Å². The van der Waals surface area contributed by atoms with Gasteiger partial charge in [0, 0.05) is 4.90 Å². The molecule has 60 valence electrons. The van der Waals surface area contributed by atoms with E-state index in [4.69, 9.17) is 0 Å². The molecule has 0 amide bonds. The average molecular weight is 170 g/mol. The summed E-state index contributed by atoms with van der Waals surface area (Å²) in [5, 5.41) is 0. The van der Waals surface area contributed by atoms with Crippen LogP contribution in [0.25, 0.3) is 0 Å². The molecule has 0 aliphatic heterocycles. The molecule has 0 fully saturated rings. The van der Waals surface area contributed by atoms with Crippen LogP contribution in [0.3, 0.4) is 0 Å². The van der Waals surface area contributed by atoms with Gasteiger partial charge in [0.2, 0.25) is 0 Å². The molecular weight excluding hydrogens is 159 g/mol. The molecule has 0 atom stereocenters. The summed E-state index contributed by atoms with van der Waals surface area (Å²) in [6.45, 7) is 3.71. The zero-order valence-corrected chi connectivity index (χ0v) is 7.76. The molecule has 1 aromatic rings. The minimum Gasteiger partial charge on any atom is -0.205 e. The second-order valence-electron chi connectivity index (χ2n) is 2.55. The van der Waals surface area contributed by atoms with Gasteiger partial charge >= 0.3 is 0 Å². The molecule has 11 heavy (non-hydrogen) atoms. The van der Waals surface area contributed by atoms with Crippen LogP contribution in [0.5, 0.6) is 0 Å². The van der Waals surface area contributed by atoms with Gasteiger partial charge in [-0.3, -0.25) is 0 Å². The summed E-state index contributed by atoms with van der Waals surface area (Å²) in [5.41, 5.74) is 1.74. The van der Waals surface area contributed by atoms with Crippen LogP contribution in [0.1, 0.15) is 11.1 Å². The van der Waals surface area contributed by atoms with Crippen LogP contribution in [0.4, 0.5) is 4.39 Å². The summed E-state index contributed by atoms with van der Waals surface area (Å²) in [6.07, 6.45) is 1.89. The number of rotatable bonds is 1. The number of halogens is 1. The Morgan fingerprint density at radius 2 is 1.73 bits per heavy atom. The van der Waals surface area contributed by atoms with Crippen molar-refractivity contribution in [2.75, 3.05) is 6.26 Å². The third-order valence-electron chi connectivity index (χ3n) is 1.69. The van der Waals surface area contributed by atoms with Crippen LogP contribution in [0.2, 0.25) is 0 Å². The monoisotopic (exact) mass is 170 g/mol. The SMILES string of the molecule is CSc1c(C)ccc(C)c1F. The van der Waals surface area contributed by atoms with Gasteiger partial charge < -0.3 is 0 Å². The van der Waals surface area contributed by atoms with Crippen molar-refractivity contribution in [2.45, 2.75) is 18.7 Å². The van der Waals surface area contributed by atoms with Crippen LogP contribution in [-0.2, 0) is 0 Å². The normalized spacial score (nSPS) is 10.2. The molecule has 0 nitrogen and oxygen atoms in total. The molecule has 0 aliphatic carbocycles. The molecule has 0 aromatic heterocycles. The summed E-state index contributed by atoms with van der Waals surface area (Å²) in [7, 11) is 0. The third-order valence-corrected chi connectivity index (χ3v) is 2.60. The maximum Gasteiger partial charge on any atom is 0.139 e. The molecule has 0 heterocycles. The predicted octanol–water partition coefficient (Wildman–Crippen LogP) is 3.16. The van der Waals surface area contributed by atoms with E-state index in [1.807, 2.05) is 25.3 Å². The lowest BCUT2D eigenvalue weighted by Crippen LogP contribution is -1.88. The Morgan fingerprint density at radius 3 is 2.18 bits per heavy atom. The first-order valence-electron chi connectivity index (χ1n) is 3.46. The number of aryl methyl sites for hydroxylation is 2. The Morgan fingerprint density at radius 1 is 1.18 bits per heavy atom. The largest absolute Gasteiger partial charge is 0.205 e. The maximum absolute atomic E-state index is 13.2. The highest BCUT2D eigenvalue weighted by Gasteiger charge is 2.05. The molecule has 1 rings (SSSR count). The lowest BCUT2D eigenvalue weighted by Gasteiger charge is -2.05. The Bertz CT molecular complexity index is 269. The molecule has 0 saturated heterocycles. The van der Waals surface area contributed by atoms with Gasteiger partial charge in [-0.25, -0.2) is 4.39 Å². The fraction of sp³-hybridized carbons (Fsp3) is 0.333. The van der Waals surface area contributed by atoms with E-state index in [1.165, 1.54) is 11.8 Å². The first-order chi connectivity index (χ1) is 5.16. The minimum atomic E-state index is -0.0718. The fourth-order valence-corrected chi connectivity index (χ4v) is 1.73. The van der Waals surface area contributed by atoms with Crippen molar-refractivity contribution in [2.24, 2.45) is 0 Å². The van der Waals surface area contributed by atoms with Crippen molar-refractivity contribution in [3.05, 3.63) is 29.1 Å². The van der Waals surface area contributed by atoms with Crippen LogP contribution in [0.15, 0.2) is 17.0 Å². The van der Waals surface area contributed by atoms with Gasteiger partial charge in [0.25, 0.3) is 0 Å². The fourth-order valence-electron chi connectivity index (χ4n) is 1.00. The second-order valence-corrected chi connectivity index (χ2v) is 3.36. The Kier molecular flexibility index (Phi) is 2.55. The van der Waals surface area contributed by atoms with E-state index in [0.29, 0.717) is 0 Å². The molecular formula is C9H11FS. The lowest BCUT2D eigenvalue weighted by molar-refractivity contribution is 0.590. The smallest absolute Gasteiger partial charge is 0.139 e. The van der Waals surface area contributed by atoms with Crippen LogP contribution in [0, 0.1) is 19.7 Å². The summed E-state index contributed by atoms with van der Waals surface area (Å²) < 4.78 is 13.2. The second kappa shape index (κ2) is 3.26. The highest BCUT2D eigenvalue weighted by molar-refractivity contribution is 7.98. The minimum absolute atomic E-state index is 0.0718. The maximum atomic E-state index is 13.2. The average Bonchev–Trinajstić information content (AvgIpc) is 1.99. The van der Waals surface area contributed by atoms with Crippen molar-refractivity contribution in [3.63, 3.8) is 0 Å². The van der Waals surface area contributed by atoms with Gasteiger partial charge in [0.1, 0.15) is 5.82 Å². The molecule has 0 unspecified atom stereocenters. The standard InChI is InChI=1S/C9H11FS/c1-6-4-5-7(2)9(11-3)8(6)10/h4-5H,1-3H3. The van der Waals surface area contributed by atoms with E-state index < -0.39 is 0 Å². The van der Waals surface area contributed by atoms with Gasteiger partial charge in [0.05, 0.1) is 0 Å². The lowest BCUT2D eigenvalue weighted by atomic mass is 10.1. The number of thioether (sulfide) groups is 1. The number of benzene rings is 1. The zero-order valence-electron chi connectivity index (χ0n) is 6.94. The Hall–Kier alpha value is -0.500. The van der Waals surface area contributed by atoms with E-state index in [9.17, 15) is 4.39 Å². The Labute approximate surface area is 70.8 Å². The van der Waals surface area contributed by atoms with E-state index in [-0.39, 0.29) is 5.82 Å². The van der Waals surface area contributed by atoms with Crippen molar-refractivity contribution in [1.29, 1.82) is 0 Å². The molecule has 0 spiro atoms. The van der Waals surface area contributed by atoms with Gasteiger partial charge in [-0.15, -0.1) is 11.8 Å². The van der Waals surface area contributed by atoms with Gasteiger partial charge in [-0.2, -0.15) is 0 Å². The molecule has 1 aromatic carbocycles. The zero-order chi connectivity index (χ0) is 8.43. The summed E-state index contributed by atoms with van der Waals surface area (Å²) >= 11 is 1.46. The predicted molar refractivity (Wildman–Crippen MR) is 47.7 cm³/mol. The van der Waals surface area contributed by atoms with Crippen LogP contribution < -0.4 is 0 Å². The molecule has 0 radical (unpaired) electrons. The highest BCUT2D eigenvalue weighted by Crippen LogP contribution is 2.25. The third kappa shape index (κ3) is 1.56. The van der Waals surface area contributed by atoms with Gasteiger partial charge in [0.15, 0.2) is 0 Å². The summed E-state index contributed by atoms with van der Waals surface area (Å²) in [4.78, 5) is 0.769. The number of hydrogen-bond donors (Lipinski definition) is 0. The van der Waals surface area contributed by atoms with Crippen LogP contribution >= 0.6 is 11.8 Å². The van der Waals surface area contributed by atoms with Gasteiger partial charge in [-0.05, 0) is 31.2 Å².